The summed E-state index contributed by atoms with van der Waals surface area (Å²) in [4.78, 5) is 9.76. The van der Waals surface area contributed by atoms with Gasteiger partial charge in [-0.3, -0.25) is 10.1 Å². The fourth-order valence-corrected chi connectivity index (χ4v) is 1.79. The number of nitro groups is 1. The zero-order chi connectivity index (χ0) is 15.6. The summed E-state index contributed by atoms with van der Waals surface area (Å²) in [7, 11) is 0. The number of hydrogen-bond donors (Lipinski definition) is 1. The van der Waals surface area contributed by atoms with Gasteiger partial charge in [0.1, 0.15) is 10.7 Å². The van der Waals surface area contributed by atoms with Crippen LogP contribution in [-0.2, 0) is 12.7 Å². The Morgan fingerprint density at radius 2 is 2.00 bits per heavy atom. The van der Waals surface area contributed by atoms with Crippen LogP contribution in [0.25, 0.3) is 0 Å². The Morgan fingerprint density at radius 3 is 2.57 bits per heavy atom. The van der Waals surface area contributed by atoms with Crippen LogP contribution in [0.1, 0.15) is 16.9 Å². The molecular weight excluding hydrogens is 289 g/mol. The van der Waals surface area contributed by atoms with Gasteiger partial charge in [-0.05, 0) is 30.7 Å². The zero-order valence-electron chi connectivity index (χ0n) is 10.9. The topological polar surface area (TPSA) is 68.3 Å². The molecule has 0 aliphatic heterocycles. The van der Waals surface area contributed by atoms with Crippen molar-refractivity contribution in [2.45, 2.75) is 19.6 Å². The van der Waals surface area contributed by atoms with E-state index in [0.717, 1.165) is 6.07 Å². The van der Waals surface area contributed by atoms with E-state index in [1.54, 1.807) is 0 Å². The average Bonchev–Trinajstić information content (AvgIpc) is 2.85. The second-order valence-electron chi connectivity index (χ2n) is 4.38. The Kier molecular flexibility index (Phi) is 3.88. The molecule has 0 saturated heterocycles. The summed E-state index contributed by atoms with van der Waals surface area (Å²) < 4.78 is 43.2. The molecule has 0 atom stereocenters. The van der Waals surface area contributed by atoms with Crippen LogP contribution < -0.4 is 5.32 Å². The molecule has 0 spiro atoms. The number of furan rings is 1. The summed E-state index contributed by atoms with van der Waals surface area (Å²) >= 11 is 0. The Labute approximate surface area is 117 Å². The molecule has 5 nitrogen and oxygen atoms in total. The minimum atomic E-state index is -4.43. The normalized spacial score (nSPS) is 11.4. The van der Waals surface area contributed by atoms with E-state index < -0.39 is 22.5 Å². The molecule has 0 saturated carbocycles. The molecule has 0 bridgehead atoms. The first-order valence-electron chi connectivity index (χ1n) is 5.92. The maximum Gasteiger partial charge on any atom is 0.433 e. The first kappa shape index (κ1) is 14.9. The van der Waals surface area contributed by atoms with E-state index in [4.69, 9.17) is 4.42 Å². The molecule has 2 rings (SSSR count). The van der Waals surface area contributed by atoms with Gasteiger partial charge < -0.3 is 9.73 Å². The number of benzene rings is 1. The molecule has 1 aromatic heterocycles. The molecule has 0 aliphatic rings. The third kappa shape index (κ3) is 3.53. The van der Waals surface area contributed by atoms with Crippen molar-refractivity contribution in [2.24, 2.45) is 0 Å². The summed E-state index contributed by atoms with van der Waals surface area (Å²) in [6.45, 7) is 1.43. The fourth-order valence-electron chi connectivity index (χ4n) is 1.79. The SMILES string of the molecule is Cc1ccc(NCc2ccc([N+](=O)[O-])o2)cc1C(F)(F)F. The molecule has 112 valence electrons. The van der Waals surface area contributed by atoms with Gasteiger partial charge in [-0.2, -0.15) is 13.2 Å². The van der Waals surface area contributed by atoms with E-state index in [1.807, 2.05) is 0 Å². The van der Waals surface area contributed by atoms with Crippen molar-refractivity contribution in [3.05, 3.63) is 57.3 Å². The van der Waals surface area contributed by atoms with Gasteiger partial charge in [-0.25, -0.2) is 0 Å². The van der Waals surface area contributed by atoms with Gasteiger partial charge in [0.05, 0.1) is 18.2 Å². The van der Waals surface area contributed by atoms with E-state index in [9.17, 15) is 23.3 Å². The van der Waals surface area contributed by atoms with Crippen molar-refractivity contribution < 1.29 is 22.5 Å². The predicted molar refractivity (Wildman–Crippen MR) is 68.9 cm³/mol. The Morgan fingerprint density at radius 1 is 1.29 bits per heavy atom. The highest BCUT2D eigenvalue weighted by Crippen LogP contribution is 2.33. The Balaban J connectivity index is 2.11. The maximum absolute atomic E-state index is 12.8. The van der Waals surface area contributed by atoms with Crippen molar-refractivity contribution in [2.75, 3.05) is 5.32 Å². The van der Waals surface area contributed by atoms with Gasteiger partial charge in [0.2, 0.25) is 0 Å². The minimum absolute atomic E-state index is 0.0498. The number of anilines is 1. The third-order valence-electron chi connectivity index (χ3n) is 2.84. The van der Waals surface area contributed by atoms with E-state index >= 15 is 0 Å². The summed E-state index contributed by atoms with van der Waals surface area (Å²) in [5, 5.41) is 13.2. The molecule has 2 aromatic rings. The number of halogens is 3. The van der Waals surface area contributed by atoms with Gasteiger partial charge in [-0.1, -0.05) is 6.07 Å². The van der Waals surface area contributed by atoms with Crippen molar-refractivity contribution >= 4 is 11.6 Å². The highest BCUT2D eigenvalue weighted by Gasteiger charge is 2.32. The molecule has 8 heteroatoms. The van der Waals surface area contributed by atoms with Gasteiger partial charge in [0.15, 0.2) is 0 Å². The quantitative estimate of drug-likeness (QED) is 0.681. The predicted octanol–water partition coefficient (Wildman–Crippen LogP) is 4.13. The summed E-state index contributed by atoms with van der Waals surface area (Å²) in [6.07, 6.45) is -4.43. The largest absolute Gasteiger partial charge is 0.433 e. The highest BCUT2D eigenvalue weighted by molar-refractivity contribution is 5.49. The third-order valence-corrected chi connectivity index (χ3v) is 2.84. The van der Waals surface area contributed by atoms with E-state index in [2.05, 4.69) is 5.32 Å². The highest BCUT2D eigenvalue weighted by atomic mass is 19.4. The lowest BCUT2D eigenvalue weighted by atomic mass is 10.1. The van der Waals surface area contributed by atoms with Crippen molar-refractivity contribution in [1.29, 1.82) is 0 Å². The lowest BCUT2D eigenvalue weighted by molar-refractivity contribution is -0.402. The molecule has 1 heterocycles. The molecule has 0 unspecified atom stereocenters. The molecule has 1 aromatic carbocycles. The number of hydrogen-bond acceptors (Lipinski definition) is 4. The van der Waals surface area contributed by atoms with Crippen LogP contribution in [0.5, 0.6) is 0 Å². The van der Waals surface area contributed by atoms with Crippen LogP contribution in [0.15, 0.2) is 34.7 Å². The van der Waals surface area contributed by atoms with Gasteiger partial charge in [0.25, 0.3) is 0 Å². The minimum Gasteiger partial charge on any atom is -0.404 e. The lowest BCUT2D eigenvalue weighted by Crippen LogP contribution is -2.08. The average molecular weight is 300 g/mol. The Hall–Kier alpha value is -2.51. The lowest BCUT2D eigenvalue weighted by Gasteiger charge is -2.12. The number of rotatable bonds is 4. The first-order chi connectivity index (χ1) is 9.77. The molecule has 0 amide bonds. The maximum atomic E-state index is 12.8. The van der Waals surface area contributed by atoms with Gasteiger partial charge in [-0.15, -0.1) is 0 Å². The second-order valence-corrected chi connectivity index (χ2v) is 4.38. The molecule has 0 aliphatic carbocycles. The van der Waals surface area contributed by atoms with Crippen molar-refractivity contribution in [3.8, 4) is 0 Å². The molecule has 0 fully saturated rings. The van der Waals surface area contributed by atoms with Crippen LogP contribution >= 0.6 is 0 Å². The molecular formula is C13H11F3N2O3. The molecule has 0 radical (unpaired) electrons. The summed E-state index contributed by atoms with van der Waals surface area (Å²) in [5.41, 5.74) is -0.341. The Bertz CT molecular complexity index is 665. The standard InChI is InChI=1S/C13H11F3N2O3/c1-8-2-3-9(6-11(8)13(14,15)16)17-7-10-4-5-12(21-10)18(19)20/h2-6,17H,7H2,1H3. The van der Waals surface area contributed by atoms with Crippen LogP contribution in [0.2, 0.25) is 0 Å². The van der Waals surface area contributed by atoms with E-state index in [0.29, 0.717) is 0 Å². The number of nitrogens with one attached hydrogen (secondary N) is 1. The van der Waals surface area contributed by atoms with Crippen molar-refractivity contribution in [1.82, 2.24) is 0 Å². The van der Waals surface area contributed by atoms with E-state index in [1.165, 1.54) is 31.2 Å². The van der Waals surface area contributed by atoms with Crippen molar-refractivity contribution in [3.63, 3.8) is 0 Å². The summed E-state index contributed by atoms with van der Waals surface area (Å²) in [5.74, 6) is -0.150. The summed E-state index contributed by atoms with van der Waals surface area (Å²) in [6, 6.07) is 6.43. The van der Waals surface area contributed by atoms with E-state index in [-0.39, 0.29) is 23.6 Å². The smallest absolute Gasteiger partial charge is 0.404 e. The zero-order valence-corrected chi connectivity index (χ0v) is 10.9. The fraction of sp³-hybridized carbons (Fsp3) is 0.231. The number of nitrogens with zero attached hydrogens (tertiary/aromatic N) is 1. The van der Waals surface area contributed by atoms with Gasteiger partial charge in [0, 0.05) is 5.69 Å². The molecule has 21 heavy (non-hydrogen) atoms. The molecule has 1 N–H and O–H groups in total. The van der Waals surface area contributed by atoms with Crippen LogP contribution in [0.3, 0.4) is 0 Å². The second kappa shape index (κ2) is 5.47. The number of alkyl halides is 3. The first-order valence-corrected chi connectivity index (χ1v) is 5.92. The van der Waals surface area contributed by atoms with Gasteiger partial charge >= 0.3 is 12.1 Å². The van der Waals surface area contributed by atoms with Crippen LogP contribution in [0.4, 0.5) is 24.7 Å². The van der Waals surface area contributed by atoms with Crippen LogP contribution in [0, 0.1) is 17.0 Å². The monoisotopic (exact) mass is 300 g/mol. The van der Waals surface area contributed by atoms with Crippen LogP contribution in [-0.4, -0.2) is 4.92 Å². The number of aryl methyl sites for hydroxylation is 1.